The Kier molecular flexibility index (Phi) is 2.53. The van der Waals surface area contributed by atoms with E-state index >= 15 is 0 Å². The predicted molar refractivity (Wildman–Crippen MR) is 49.8 cm³/mol. The van der Waals surface area contributed by atoms with E-state index in [0.717, 1.165) is 17.7 Å². The lowest BCUT2D eigenvalue weighted by Crippen LogP contribution is -2.22. The fourth-order valence-corrected chi connectivity index (χ4v) is 2.59. The quantitative estimate of drug-likeness (QED) is 0.594. The standard InChI is InChI=1S/C9H16OS/c1-9(2,3)11(10)8-6-4-5-7-8/h6H,4-5,7H2,1-3H3/t11-/m0/s1. The summed E-state index contributed by atoms with van der Waals surface area (Å²) < 4.78 is 11.6. The summed E-state index contributed by atoms with van der Waals surface area (Å²) in [4.78, 5) is 1.16. The predicted octanol–water partition coefficient (Wildman–Crippen LogP) is 2.60. The largest absolute Gasteiger partial charge is 0.254 e. The molecule has 1 rings (SSSR count). The molecule has 1 nitrogen and oxygen atoms in total. The summed E-state index contributed by atoms with van der Waals surface area (Å²) in [5.41, 5.74) is 0. The van der Waals surface area contributed by atoms with Crippen LogP contribution in [0.4, 0.5) is 0 Å². The van der Waals surface area contributed by atoms with E-state index in [0.29, 0.717) is 0 Å². The van der Waals surface area contributed by atoms with Crippen molar-refractivity contribution in [3.05, 3.63) is 11.0 Å². The molecule has 0 aromatic rings. The maximum Gasteiger partial charge on any atom is 0.0539 e. The van der Waals surface area contributed by atoms with E-state index in [-0.39, 0.29) is 4.75 Å². The van der Waals surface area contributed by atoms with Crippen LogP contribution in [0.1, 0.15) is 40.0 Å². The second kappa shape index (κ2) is 3.10. The van der Waals surface area contributed by atoms with Gasteiger partial charge in [0.1, 0.15) is 0 Å². The van der Waals surface area contributed by atoms with Crippen LogP contribution in [-0.4, -0.2) is 8.96 Å². The molecule has 0 spiro atoms. The Morgan fingerprint density at radius 3 is 2.45 bits per heavy atom. The van der Waals surface area contributed by atoms with Crippen LogP contribution in [-0.2, 0) is 10.8 Å². The van der Waals surface area contributed by atoms with Gasteiger partial charge in [-0.25, -0.2) is 0 Å². The molecule has 1 aliphatic rings. The minimum absolute atomic E-state index is 0.0732. The first-order chi connectivity index (χ1) is 5.02. The Balaban J connectivity index is 2.68. The van der Waals surface area contributed by atoms with Crippen molar-refractivity contribution in [2.75, 3.05) is 0 Å². The van der Waals surface area contributed by atoms with Gasteiger partial charge >= 0.3 is 0 Å². The fourth-order valence-electron chi connectivity index (χ4n) is 1.20. The van der Waals surface area contributed by atoms with Crippen LogP contribution < -0.4 is 0 Å². The molecular weight excluding hydrogens is 156 g/mol. The molecule has 0 bridgehead atoms. The molecular formula is C9H16OS. The van der Waals surface area contributed by atoms with Crippen molar-refractivity contribution in [3.8, 4) is 0 Å². The normalized spacial score (nSPS) is 21.5. The van der Waals surface area contributed by atoms with Crippen LogP contribution in [0.3, 0.4) is 0 Å². The molecule has 0 amide bonds. The maximum atomic E-state index is 11.7. The molecule has 11 heavy (non-hydrogen) atoms. The molecule has 0 N–H and O–H groups in total. The van der Waals surface area contributed by atoms with Crippen LogP contribution in [0.2, 0.25) is 0 Å². The van der Waals surface area contributed by atoms with Crippen LogP contribution in [0.5, 0.6) is 0 Å². The van der Waals surface area contributed by atoms with Crippen molar-refractivity contribution in [1.82, 2.24) is 0 Å². The van der Waals surface area contributed by atoms with E-state index in [9.17, 15) is 4.21 Å². The zero-order valence-corrected chi connectivity index (χ0v) is 8.33. The molecule has 1 aliphatic carbocycles. The third kappa shape index (κ3) is 2.16. The molecule has 0 aromatic carbocycles. The summed E-state index contributed by atoms with van der Waals surface area (Å²) in [5, 5.41) is 0. The molecule has 0 heterocycles. The zero-order chi connectivity index (χ0) is 8.48. The van der Waals surface area contributed by atoms with E-state index in [4.69, 9.17) is 0 Å². The number of hydrogen-bond donors (Lipinski definition) is 0. The molecule has 0 saturated heterocycles. The molecule has 0 fully saturated rings. The fraction of sp³-hybridized carbons (Fsp3) is 0.778. The summed E-state index contributed by atoms with van der Waals surface area (Å²) in [5.74, 6) is 0. The van der Waals surface area contributed by atoms with Gasteiger partial charge in [-0.2, -0.15) is 0 Å². The lowest BCUT2D eigenvalue weighted by molar-refractivity contribution is 0.652. The maximum absolute atomic E-state index is 11.7. The van der Waals surface area contributed by atoms with Crippen molar-refractivity contribution >= 4 is 10.8 Å². The molecule has 0 saturated carbocycles. The monoisotopic (exact) mass is 172 g/mol. The Morgan fingerprint density at radius 2 is 2.09 bits per heavy atom. The summed E-state index contributed by atoms with van der Waals surface area (Å²) >= 11 is 0. The molecule has 0 aromatic heterocycles. The van der Waals surface area contributed by atoms with Crippen molar-refractivity contribution in [2.24, 2.45) is 0 Å². The lowest BCUT2D eigenvalue weighted by atomic mass is 10.3. The lowest BCUT2D eigenvalue weighted by Gasteiger charge is -2.18. The van der Waals surface area contributed by atoms with Crippen LogP contribution in [0.15, 0.2) is 11.0 Å². The number of allylic oxidation sites excluding steroid dienone is 2. The van der Waals surface area contributed by atoms with E-state index in [1.807, 2.05) is 20.8 Å². The number of rotatable bonds is 1. The Labute approximate surface area is 71.3 Å². The van der Waals surface area contributed by atoms with Crippen LogP contribution >= 0.6 is 0 Å². The van der Waals surface area contributed by atoms with Crippen molar-refractivity contribution < 1.29 is 4.21 Å². The SMILES string of the molecule is CC(C)(C)[S@@](=O)C1=CCCC1. The van der Waals surface area contributed by atoms with Gasteiger partial charge in [-0.1, -0.05) is 6.08 Å². The van der Waals surface area contributed by atoms with Crippen molar-refractivity contribution in [3.63, 3.8) is 0 Å². The molecule has 2 heteroatoms. The molecule has 0 radical (unpaired) electrons. The van der Waals surface area contributed by atoms with E-state index < -0.39 is 10.8 Å². The third-order valence-corrected chi connectivity index (χ3v) is 3.75. The first-order valence-electron chi connectivity index (χ1n) is 4.13. The Morgan fingerprint density at radius 1 is 1.45 bits per heavy atom. The van der Waals surface area contributed by atoms with Gasteiger partial charge in [0.15, 0.2) is 0 Å². The van der Waals surface area contributed by atoms with Gasteiger partial charge in [0.25, 0.3) is 0 Å². The molecule has 1 atom stereocenters. The van der Waals surface area contributed by atoms with E-state index in [2.05, 4.69) is 6.08 Å². The topological polar surface area (TPSA) is 17.1 Å². The summed E-state index contributed by atoms with van der Waals surface area (Å²) in [6, 6.07) is 0. The summed E-state index contributed by atoms with van der Waals surface area (Å²) in [7, 11) is -0.752. The third-order valence-electron chi connectivity index (χ3n) is 1.79. The molecule has 64 valence electrons. The Bertz CT molecular complexity index is 198. The van der Waals surface area contributed by atoms with Gasteiger partial charge in [-0.3, -0.25) is 4.21 Å². The van der Waals surface area contributed by atoms with Gasteiger partial charge in [-0.15, -0.1) is 0 Å². The van der Waals surface area contributed by atoms with Crippen LogP contribution in [0, 0.1) is 0 Å². The highest BCUT2D eigenvalue weighted by atomic mass is 32.2. The average molecular weight is 172 g/mol. The Hall–Kier alpha value is -0.110. The minimum atomic E-state index is -0.752. The van der Waals surface area contributed by atoms with Gasteiger partial charge in [0.05, 0.1) is 10.8 Å². The van der Waals surface area contributed by atoms with Crippen molar-refractivity contribution in [2.45, 2.75) is 44.8 Å². The zero-order valence-electron chi connectivity index (χ0n) is 7.52. The minimum Gasteiger partial charge on any atom is -0.254 e. The van der Waals surface area contributed by atoms with Gasteiger partial charge < -0.3 is 0 Å². The van der Waals surface area contributed by atoms with Gasteiger partial charge in [0.2, 0.25) is 0 Å². The summed E-state index contributed by atoms with van der Waals surface area (Å²) in [6.07, 6.45) is 5.50. The smallest absolute Gasteiger partial charge is 0.0539 e. The second-order valence-electron chi connectivity index (χ2n) is 3.94. The average Bonchev–Trinajstić information content (AvgIpc) is 2.34. The highest BCUT2D eigenvalue weighted by Gasteiger charge is 2.24. The highest BCUT2D eigenvalue weighted by molar-refractivity contribution is 7.90. The first kappa shape index (κ1) is 8.98. The highest BCUT2D eigenvalue weighted by Crippen LogP contribution is 2.27. The first-order valence-corrected chi connectivity index (χ1v) is 5.28. The van der Waals surface area contributed by atoms with Crippen LogP contribution in [0.25, 0.3) is 0 Å². The van der Waals surface area contributed by atoms with Gasteiger partial charge in [-0.05, 0) is 40.0 Å². The van der Waals surface area contributed by atoms with E-state index in [1.165, 1.54) is 6.42 Å². The summed E-state index contributed by atoms with van der Waals surface area (Å²) in [6.45, 7) is 6.09. The molecule has 0 unspecified atom stereocenters. The second-order valence-corrected chi connectivity index (χ2v) is 6.23. The van der Waals surface area contributed by atoms with Gasteiger partial charge in [0, 0.05) is 9.65 Å². The van der Waals surface area contributed by atoms with Crippen molar-refractivity contribution in [1.29, 1.82) is 0 Å². The molecule has 0 aliphatic heterocycles. The van der Waals surface area contributed by atoms with E-state index in [1.54, 1.807) is 0 Å². The number of hydrogen-bond acceptors (Lipinski definition) is 1.